The van der Waals surface area contributed by atoms with Crippen LogP contribution in [-0.4, -0.2) is 10.8 Å². The number of benzene rings is 3. The van der Waals surface area contributed by atoms with Gasteiger partial charge in [-0.1, -0.05) is 66.2 Å². The van der Waals surface area contributed by atoms with Gasteiger partial charge in [-0.15, -0.1) is 0 Å². The highest BCUT2D eigenvalue weighted by molar-refractivity contribution is 6.31. The topological polar surface area (TPSA) is 32.3 Å². The monoisotopic (exact) mass is 362 g/mol. The molecule has 0 unspecified atom stereocenters. The first kappa shape index (κ1) is 16.7. The number of carbonyl (C=O) groups is 1. The summed E-state index contributed by atoms with van der Waals surface area (Å²) in [5.74, 6) is 0.0432. The average Bonchev–Trinajstić information content (AvgIpc) is 2.92. The van der Waals surface area contributed by atoms with Crippen molar-refractivity contribution in [1.29, 1.82) is 0 Å². The van der Waals surface area contributed by atoms with E-state index in [9.17, 15) is 4.79 Å². The Morgan fingerprint density at radius 1 is 0.962 bits per heavy atom. The van der Waals surface area contributed by atoms with Crippen molar-refractivity contribution in [3.63, 3.8) is 0 Å². The highest BCUT2D eigenvalue weighted by atomic mass is 35.5. The quantitative estimate of drug-likeness (QED) is 0.672. The number of halogens is 1. The molecule has 3 aromatic rings. The maximum atomic E-state index is 13.0. The van der Waals surface area contributed by atoms with Crippen molar-refractivity contribution < 1.29 is 4.79 Å². The number of anilines is 1. The summed E-state index contributed by atoms with van der Waals surface area (Å²) < 4.78 is 0. The van der Waals surface area contributed by atoms with Crippen molar-refractivity contribution in [2.45, 2.75) is 19.6 Å². The minimum atomic E-state index is -0.226. The van der Waals surface area contributed by atoms with Gasteiger partial charge in [0.1, 0.15) is 6.17 Å². The lowest BCUT2D eigenvalue weighted by atomic mass is 10.1. The smallest absolute Gasteiger partial charge is 0.256 e. The Morgan fingerprint density at radius 3 is 2.50 bits per heavy atom. The third-order valence-corrected chi connectivity index (χ3v) is 5.22. The van der Waals surface area contributed by atoms with E-state index in [1.54, 1.807) is 0 Å². The molecule has 4 heteroatoms. The Morgan fingerprint density at radius 2 is 1.69 bits per heavy atom. The SMILES string of the molecule is Cc1c(Cl)cccc1N[C@@H]1c2ccccc2C(=O)N1Cc1ccccc1. The van der Waals surface area contributed by atoms with E-state index in [-0.39, 0.29) is 12.1 Å². The van der Waals surface area contributed by atoms with E-state index in [4.69, 9.17) is 11.6 Å². The van der Waals surface area contributed by atoms with Gasteiger partial charge >= 0.3 is 0 Å². The van der Waals surface area contributed by atoms with Crippen LogP contribution in [-0.2, 0) is 6.54 Å². The standard InChI is InChI=1S/C22H19ClN2O/c1-15-19(23)12-7-13-20(15)24-21-17-10-5-6-11-18(17)22(26)25(21)14-16-8-3-2-4-9-16/h2-13,21,24H,14H2,1H3/t21-/m0/s1. The number of nitrogens with one attached hydrogen (secondary N) is 1. The molecule has 3 nitrogen and oxygen atoms in total. The zero-order chi connectivity index (χ0) is 18.1. The van der Waals surface area contributed by atoms with Crippen LogP contribution in [0.15, 0.2) is 72.8 Å². The summed E-state index contributed by atoms with van der Waals surface area (Å²) in [7, 11) is 0. The van der Waals surface area contributed by atoms with E-state index >= 15 is 0 Å². The number of carbonyl (C=O) groups excluding carboxylic acids is 1. The molecule has 1 amide bonds. The number of amides is 1. The van der Waals surface area contributed by atoms with Crippen LogP contribution in [0.2, 0.25) is 5.02 Å². The molecule has 0 bridgehead atoms. The number of nitrogens with zero attached hydrogens (tertiary/aromatic N) is 1. The van der Waals surface area contributed by atoms with Crippen LogP contribution in [0.3, 0.4) is 0 Å². The molecule has 1 atom stereocenters. The van der Waals surface area contributed by atoms with Crippen molar-refractivity contribution in [3.8, 4) is 0 Å². The molecule has 0 fully saturated rings. The Hall–Kier alpha value is -2.78. The van der Waals surface area contributed by atoms with Gasteiger partial charge in [-0.3, -0.25) is 4.79 Å². The number of rotatable bonds is 4. The molecule has 130 valence electrons. The van der Waals surface area contributed by atoms with Crippen molar-refractivity contribution in [2.24, 2.45) is 0 Å². The van der Waals surface area contributed by atoms with Crippen LogP contribution < -0.4 is 5.32 Å². The van der Waals surface area contributed by atoms with Gasteiger partial charge in [-0.05, 0) is 36.2 Å². The second kappa shape index (κ2) is 6.85. The van der Waals surface area contributed by atoms with Gasteiger partial charge in [0, 0.05) is 28.4 Å². The zero-order valence-corrected chi connectivity index (χ0v) is 15.2. The van der Waals surface area contributed by atoms with Gasteiger partial charge in [0.15, 0.2) is 0 Å². The molecule has 26 heavy (non-hydrogen) atoms. The van der Waals surface area contributed by atoms with Gasteiger partial charge in [0.05, 0.1) is 0 Å². The van der Waals surface area contributed by atoms with Crippen molar-refractivity contribution >= 4 is 23.2 Å². The van der Waals surface area contributed by atoms with Crippen LogP contribution in [0.25, 0.3) is 0 Å². The Kier molecular flexibility index (Phi) is 4.39. The van der Waals surface area contributed by atoms with Crippen LogP contribution in [0.1, 0.15) is 33.2 Å². The molecule has 1 N–H and O–H groups in total. The lowest BCUT2D eigenvalue weighted by Gasteiger charge is -2.28. The first-order valence-electron chi connectivity index (χ1n) is 8.60. The van der Waals surface area contributed by atoms with Crippen LogP contribution in [0.5, 0.6) is 0 Å². The van der Waals surface area contributed by atoms with Gasteiger partial charge in [-0.25, -0.2) is 0 Å². The lowest BCUT2D eigenvalue weighted by Crippen LogP contribution is -2.32. The summed E-state index contributed by atoms with van der Waals surface area (Å²) in [6.07, 6.45) is -0.226. The molecule has 1 aliphatic heterocycles. The minimum absolute atomic E-state index is 0.0432. The van der Waals surface area contributed by atoms with E-state index in [1.165, 1.54) is 0 Å². The van der Waals surface area contributed by atoms with Crippen LogP contribution in [0.4, 0.5) is 5.69 Å². The number of fused-ring (bicyclic) bond motifs is 1. The molecular weight excluding hydrogens is 344 g/mol. The fourth-order valence-electron chi connectivity index (χ4n) is 3.38. The normalized spacial score (nSPS) is 15.8. The van der Waals surface area contributed by atoms with Crippen molar-refractivity contribution in [3.05, 3.63) is 100 Å². The third kappa shape index (κ3) is 2.95. The van der Waals surface area contributed by atoms with E-state index in [0.717, 1.165) is 27.9 Å². The third-order valence-electron chi connectivity index (χ3n) is 4.81. The van der Waals surface area contributed by atoms with Gasteiger partial charge in [0.2, 0.25) is 0 Å². The fourth-order valence-corrected chi connectivity index (χ4v) is 3.55. The van der Waals surface area contributed by atoms with Gasteiger partial charge in [0.25, 0.3) is 5.91 Å². The summed E-state index contributed by atoms with van der Waals surface area (Å²) in [5.41, 5.74) is 4.76. The highest BCUT2D eigenvalue weighted by Crippen LogP contribution is 2.36. The summed E-state index contributed by atoms with van der Waals surface area (Å²) >= 11 is 6.27. The Labute approximate surface area is 158 Å². The molecule has 0 aromatic heterocycles. The van der Waals surface area contributed by atoms with Gasteiger partial charge in [-0.2, -0.15) is 0 Å². The Bertz CT molecular complexity index is 955. The summed E-state index contributed by atoms with van der Waals surface area (Å²) in [6.45, 7) is 2.53. The molecule has 1 aliphatic rings. The lowest BCUT2D eigenvalue weighted by molar-refractivity contribution is 0.0728. The van der Waals surface area contributed by atoms with E-state index in [1.807, 2.05) is 84.6 Å². The Balaban J connectivity index is 1.72. The second-order valence-electron chi connectivity index (χ2n) is 6.47. The maximum absolute atomic E-state index is 13.0. The first-order chi connectivity index (χ1) is 12.6. The molecule has 0 saturated carbocycles. The molecule has 0 aliphatic carbocycles. The van der Waals surface area contributed by atoms with Crippen LogP contribution in [0, 0.1) is 6.92 Å². The fraction of sp³-hybridized carbons (Fsp3) is 0.136. The highest BCUT2D eigenvalue weighted by Gasteiger charge is 2.36. The molecule has 1 heterocycles. The summed E-state index contributed by atoms with van der Waals surface area (Å²) in [6, 6.07) is 23.6. The molecule has 3 aromatic carbocycles. The van der Waals surface area contributed by atoms with Crippen LogP contribution >= 0.6 is 11.6 Å². The first-order valence-corrected chi connectivity index (χ1v) is 8.98. The number of hydrogen-bond acceptors (Lipinski definition) is 2. The predicted octanol–water partition coefficient (Wildman–Crippen LogP) is 5.42. The largest absolute Gasteiger partial charge is 0.361 e. The molecular formula is C22H19ClN2O. The minimum Gasteiger partial charge on any atom is -0.361 e. The molecule has 0 saturated heterocycles. The second-order valence-corrected chi connectivity index (χ2v) is 6.87. The van der Waals surface area contributed by atoms with E-state index in [0.29, 0.717) is 11.6 Å². The molecule has 4 rings (SSSR count). The van der Waals surface area contributed by atoms with Crippen molar-refractivity contribution in [2.75, 3.05) is 5.32 Å². The summed E-state index contributed by atoms with van der Waals surface area (Å²) in [4.78, 5) is 14.9. The average molecular weight is 363 g/mol. The predicted molar refractivity (Wildman–Crippen MR) is 105 cm³/mol. The van der Waals surface area contributed by atoms with E-state index < -0.39 is 0 Å². The van der Waals surface area contributed by atoms with Gasteiger partial charge < -0.3 is 10.2 Å². The number of hydrogen-bond donors (Lipinski definition) is 1. The molecule has 0 spiro atoms. The van der Waals surface area contributed by atoms with E-state index in [2.05, 4.69) is 5.32 Å². The molecule has 0 radical (unpaired) electrons. The zero-order valence-electron chi connectivity index (χ0n) is 14.4. The summed E-state index contributed by atoms with van der Waals surface area (Å²) in [5, 5.41) is 4.24. The maximum Gasteiger partial charge on any atom is 0.256 e. The van der Waals surface area contributed by atoms with Crippen molar-refractivity contribution in [1.82, 2.24) is 4.90 Å².